The van der Waals surface area contributed by atoms with Crippen LogP contribution in [0.1, 0.15) is 19.8 Å². The highest BCUT2D eigenvalue weighted by Gasteiger charge is 2.27. The predicted molar refractivity (Wildman–Crippen MR) is 88.7 cm³/mol. The number of nitrogens with one attached hydrogen (secondary N) is 1. The highest BCUT2D eigenvalue weighted by atomic mass is 16.2. The van der Waals surface area contributed by atoms with Crippen molar-refractivity contribution in [1.82, 2.24) is 30.0 Å². The second-order valence-corrected chi connectivity index (χ2v) is 5.97. The standard InChI is InChI=1S/C15H20N8O2/c1-10(14(16)24)21-15(25)11-2-4-22(5-3-11)12-6-13(19-8-18-12)23-9-17-7-20-23/h6-11H,2-5H2,1H3,(H2,16,24)(H,21,25). The van der Waals surface area contributed by atoms with Gasteiger partial charge in [0.25, 0.3) is 0 Å². The summed E-state index contributed by atoms with van der Waals surface area (Å²) in [4.78, 5) is 37.7. The van der Waals surface area contributed by atoms with Crippen molar-refractivity contribution in [1.29, 1.82) is 0 Å². The lowest BCUT2D eigenvalue weighted by atomic mass is 9.95. The van der Waals surface area contributed by atoms with E-state index < -0.39 is 11.9 Å². The fraction of sp³-hybridized carbons (Fsp3) is 0.467. The average Bonchev–Trinajstić information content (AvgIpc) is 3.16. The minimum Gasteiger partial charge on any atom is -0.368 e. The van der Waals surface area contributed by atoms with E-state index in [0.29, 0.717) is 31.7 Å². The molecule has 0 bridgehead atoms. The van der Waals surface area contributed by atoms with Crippen molar-refractivity contribution in [3.05, 3.63) is 25.0 Å². The number of carbonyl (C=O) groups excluding carboxylic acids is 2. The summed E-state index contributed by atoms with van der Waals surface area (Å²) in [5.74, 6) is 0.626. The zero-order valence-corrected chi connectivity index (χ0v) is 13.9. The normalized spacial score (nSPS) is 16.4. The number of rotatable bonds is 5. The molecule has 2 aromatic rings. The second-order valence-electron chi connectivity index (χ2n) is 5.97. The molecule has 1 saturated heterocycles. The van der Waals surface area contributed by atoms with E-state index in [9.17, 15) is 9.59 Å². The molecular formula is C15H20N8O2. The van der Waals surface area contributed by atoms with Crippen molar-refractivity contribution >= 4 is 17.6 Å². The molecule has 25 heavy (non-hydrogen) atoms. The van der Waals surface area contributed by atoms with E-state index in [2.05, 4.69) is 30.3 Å². The van der Waals surface area contributed by atoms with E-state index in [0.717, 1.165) is 5.82 Å². The van der Waals surface area contributed by atoms with Gasteiger partial charge in [-0.05, 0) is 19.8 Å². The molecule has 3 N–H and O–H groups in total. The Morgan fingerprint density at radius 2 is 1.96 bits per heavy atom. The van der Waals surface area contributed by atoms with Gasteiger partial charge in [0.05, 0.1) is 0 Å². The Hall–Kier alpha value is -3.04. The average molecular weight is 344 g/mol. The van der Waals surface area contributed by atoms with Gasteiger partial charge in [0.2, 0.25) is 11.8 Å². The molecule has 2 amide bonds. The number of piperidine rings is 1. The van der Waals surface area contributed by atoms with Gasteiger partial charge < -0.3 is 16.0 Å². The summed E-state index contributed by atoms with van der Waals surface area (Å²) in [6.07, 6.45) is 5.86. The Morgan fingerprint density at radius 3 is 2.60 bits per heavy atom. The molecule has 1 atom stereocenters. The largest absolute Gasteiger partial charge is 0.368 e. The molecule has 3 heterocycles. The summed E-state index contributed by atoms with van der Waals surface area (Å²) >= 11 is 0. The van der Waals surface area contributed by atoms with Crippen molar-refractivity contribution in [2.45, 2.75) is 25.8 Å². The molecule has 1 aliphatic heterocycles. The fourth-order valence-corrected chi connectivity index (χ4v) is 2.74. The molecule has 0 aliphatic carbocycles. The van der Waals surface area contributed by atoms with Crippen LogP contribution in [0.15, 0.2) is 25.0 Å². The number of amides is 2. The van der Waals surface area contributed by atoms with Gasteiger partial charge in [-0.2, -0.15) is 5.10 Å². The third-order valence-corrected chi connectivity index (χ3v) is 4.27. The zero-order chi connectivity index (χ0) is 17.8. The smallest absolute Gasteiger partial charge is 0.239 e. The highest BCUT2D eigenvalue weighted by molar-refractivity contribution is 5.87. The van der Waals surface area contributed by atoms with Crippen LogP contribution < -0.4 is 16.0 Å². The lowest BCUT2D eigenvalue weighted by Crippen LogP contribution is -2.47. The topological polar surface area (TPSA) is 132 Å². The molecule has 3 rings (SSSR count). The maximum absolute atomic E-state index is 12.2. The second kappa shape index (κ2) is 7.24. The summed E-state index contributed by atoms with van der Waals surface area (Å²) in [6.45, 7) is 2.97. The molecule has 1 fully saturated rings. The van der Waals surface area contributed by atoms with E-state index in [-0.39, 0.29) is 11.8 Å². The zero-order valence-electron chi connectivity index (χ0n) is 13.9. The summed E-state index contributed by atoms with van der Waals surface area (Å²) in [5.41, 5.74) is 5.18. The van der Waals surface area contributed by atoms with Crippen molar-refractivity contribution in [2.24, 2.45) is 11.7 Å². The number of aromatic nitrogens is 5. The summed E-state index contributed by atoms with van der Waals surface area (Å²) < 4.78 is 1.57. The van der Waals surface area contributed by atoms with Gasteiger partial charge >= 0.3 is 0 Å². The lowest BCUT2D eigenvalue weighted by molar-refractivity contribution is -0.130. The third kappa shape index (κ3) is 3.90. The molecule has 0 radical (unpaired) electrons. The van der Waals surface area contributed by atoms with E-state index in [4.69, 9.17) is 5.73 Å². The third-order valence-electron chi connectivity index (χ3n) is 4.27. The summed E-state index contributed by atoms with van der Waals surface area (Å²) in [7, 11) is 0. The molecule has 10 heteroatoms. The van der Waals surface area contributed by atoms with Crippen LogP contribution >= 0.6 is 0 Å². The molecule has 2 aromatic heterocycles. The van der Waals surface area contributed by atoms with E-state index in [1.807, 2.05) is 6.07 Å². The monoisotopic (exact) mass is 344 g/mol. The van der Waals surface area contributed by atoms with E-state index >= 15 is 0 Å². The van der Waals surface area contributed by atoms with Crippen LogP contribution in [0.25, 0.3) is 5.82 Å². The molecular weight excluding hydrogens is 324 g/mol. The SMILES string of the molecule is CC(NC(=O)C1CCN(c2cc(-n3cncn3)ncn2)CC1)C(N)=O. The quantitative estimate of drug-likeness (QED) is 0.730. The van der Waals surface area contributed by atoms with Gasteiger partial charge in [0.15, 0.2) is 5.82 Å². The van der Waals surface area contributed by atoms with Gasteiger partial charge in [0, 0.05) is 25.1 Å². The van der Waals surface area contributed by atoms with E-state index in [1.54, 1.807) is 17.9 Å². The Kier molecular flexibility index (Phi) is 4.87. The molecule has 1 unspecified atom stereocenters. The minimum absolute atomic E-state index is 0.128. The van der Waals surface area contributed by atoms with E-state index in [1.165, 1.54) is 12.7 Å². The molecule has 1 aliphatic rings. The summed E-state index contributed by atoms with van der Waals surface area (Å²) in [6, 6.07) is 1.18. The lowest BCUT2D eigenvalue weighted by Gasteiger charge is -2.32. The fourth-order valence-electron chi connectivity index (χ4n) is 2.74. The summed E-state index contributed by atoms with van der Waals surface area (Å²) in [5, 5.41) is 6.71. The van der Waals surface area contributed by atoms with Gasteiger partial charge in [-0.15, -0.1) is 0 Å². The number of hydrogen-bond acceptors (Lipinski definition) is 7. The van der Waals surface area contributed by atoms with Crippen molar-refractivity contribution in [2.75, 3.05) is 18.0 Å². The van der Waals surface area contributed by atoms with Crippen LogP contribution in [0.5, 0.6) is 0 Å². The molecule has 10 nitrogen and oxygen atoms in total. The van der Waals surface area contributed by atoms with Crippen molar-refractivity contribution in [3.63, 3.8) is 0 Å². The molecule has 0 spiro atoms. The van der Waals surface area contributed by atoms with Crippen molar-refractivity contribution < 1.29 is 9.59 Å². The van der Waals surface area contributed by atoms with Gasteiger partial charge in [0.1, 0.15) is 30.8 Å². The van der Waals surface area contributed by atoms with Crippen LogP contribution in [0.2, 0.25) is 0 Å². The number of carbonyl (C=O) groups is 2. The van der Waals surface area contributed by atoms with Crippen molar-refractivity contribution in [3.8, 4) is 5.82 Å². The first-order valence-electron chi connectivity index (χ1n) is 8.06. The number of nitrogens with zero attached hydrogens (tertiary/aromatic N) is 6. The van der Waals surface area contributed by atoms with Crippen LogP contribution in [0.3, 0.4) is 0 Å². The Bertz CT molecular complexity index is 740. The highest BCUT2D eigenvalue weighted by Crippen LogP contribution is 2.22. The first-order valence-corrected chi connectivity index (χ1v) is 8.06. The molecule has 132 valence electrons. The van der Waals surface area contributed by atoms with Crippen LogP contribution in [-0.2, 0) is 9.59 Å². The Labute approximate surface area is 144 Å². The number of nitrogens with two attached hydrogens (primary N) is 1. The first-order chi connectivity index (χ1) is 12.0. The maximum Gasteiger partial charge on any atom is 0.239 e. The number of anilines is 1. The Balaban J connectivity index is 1.60. The van der Waals surface area contributed by atoms with Gasteiger partial charge in [-0.25, -0.2) is 19.6 Å². The van der Waals surface area contributed by atoms with Gasteiger partial charge in [-0.3, -0.25) is 9.59 Å². The van der Waals surface area contributed by atoms with Crippen LogP contribution in [-0.4, -0.2) is 55.7 Å². The van der Waals surface area contributed by atoms with Crippen LogP contribution in [0.4, 0.5) is 5.82 Å². The first kappa shape index (κ1) is 16.8. The molecule has 0 saturated carbocycles. The van der Waals surface area contributed by atoms with Gasteiger partial charge in [-0.1, -0.05) is 0 Å². The predicted octanol–water partition coefficient (Wildman–Crippen LogP) is -0.736. The Morgan fingerprint density at radius 1 is 1.24 bits per heavy atom. The van der Waals surface area contributed by atoms with Crippen LogP contribution in [0, 0.1) is 5.92 Å². The number of primary amides is 1. The molecule has 0 aromatic carbocycles. The minimum atomic E-state index is -0.655. The number of hydrogen-bond donors (Lipinski definition) is 2. The maximum atomic E-state index is 12.2.